The molecule has 0 saturated carbocycles. The molecule has 0 fully saturated rings. The zero-order valence-electron chi connectivity index (χ0n) is 9.42. The maximum absolute atomic E-state index is 5.63. The Labute approximate surface area is 102 Å². The standard InChI is InChI=1S/C12H20ClNS/c1-14(9-4-2-3-8-13)10-7-12-6-5-11-15-12/h5-6,11H,2-4,7-10H2,1H3. The third-order valence-corrected chi connectivity index (χ3v) is 3.70. The molecule has 1 aromatic heterocycles. The van der Waals surface area contributed by atoms with Crippen molar-refractivity contribution in [2.75, 3.05) is 26.0 Å². The van der Waals surface area contributed by atoms with Gasteiger partial charge in [0.25, 0.3) is 0 Å². The van der Waals surface area contributed by atoms with Crippen molar-refractivity contribution < 1.29 is 0 Å². The fraction of sp³-hybridized carbons (Fsp3) is 0.667. The maximum Gasteiger partial charge on any atom is 0.0223 e. The van der Waals surface area contributed by atoms with Crippen LogP contribution in [0.25, 0.3) is 0 Å². The number of likely N-dealkylation sites (N-methyl/N-ethyl adjacent to an activating group) is 1. The highest BCUT2D eigenvalue weighted by Gasteiger charge is 1.99. The highest BCUT2D eigenvalue weighted by Crippen LogP contribution is 2.09. The SMILES string of the molecule is CN(CCCCCCl)CCc1cccs1. The second-order valence-electron chi connectivity index (χ2n) is 3.88. The molecule has 0 spiro atoms. The molecule has 0 unspecified atom stereocenters. The van der Waals surface area contributed by atoms with Gasteiger partial charge in [-0.1, -0.05) is 12.5 Å². The third-order valence-electron chi connectivity index (χ3n) is 2.49. The van der Waals surface area contributed by atoms with E-state index in [1.54, 1.807) is 0 Å². The highest BCUT2D eigenvalue weighted by atomic mass is 35.5. The summed E-state index contributed by atoms with van der Waals surface area (Å²) in [5.74, 6) is 0.804. The Morgan fingerprint density at radius 3 is 2.80 bits per heavy atom. The summed E-state index contributed by atoms with van der Waals surface area (Å²) in [4.78, 5) is 3.90. The van der Waals surface area contributed by atoms with Gasteiger partial charge in [0.05, 0.1) is 0 Å². The van der Waals surface area contributed by atoms with E-state index in [1.807, 2.05) is 11.3 Å². The average molecular weight is 246 g/mol. The summed E-state index contributed by atoms with van der Waals surface area (Å²) in [6, 6.07) is 4.34. The van der Waals surface area contributed by atoms with Gasteiger partial charge in [0, 0.05) is 17.3 Å². The van der Waals surface area contributed by atoms with Crippen molar-refractivity contribution in [1.29, 1.82) is 0 Å². The summed E-state index contributed by atoms with van der Waals surface area (Å²) < 4.78 is 0. The number of hydrogen-bond donors (Lipinski definition) is 0. The molecule has 1 aromatic rings. The zero-order chi connectivity index (χ0) is 10.9. The number of alkyl halides is 1. The van der Waals surface area contributed by atoms with Crippen LogP contribution < -0.4 is 0 Å². The number of rotatable bonds is 8. The Morgan fingerprint density at radius 2 is 2.13 bits per heavy atom. The van der Waals surface area contributed by atoms with E-state index in [0.29, 0.717) is 0 Å². The molecule has 15 heavy (non-hydrogen) atoms. The first-order valence-corrected chi connectivity index (χ1v) is 7.01. The predicted octanol–water partition coefficient (Wildman–Crippen LogP) is 3.63. The van der Waals surface area contributed by atoms with Gasteiger partial charge < -0.3 is 4.90 Å². The lowest BCUT2D eigenvalue weighted by Crippen LogP contribution is -2.22. The topological polar surface area (TPSA) is 3.24 Å². The van der Waals surface area contributed by atoms with Gasteiger partial charge in [0.1, 0.15) is 0 Å². The number of halogens is 1. The van der Waals surface area contributed by atoms with E-state index >= 15 is 0 Å². The molecule has 0 aliphatic heterocycles. The van der Waals surface area contributed by atoms with Crippen LogP contribution in [0, 0.1) is 0 Å². The van der Waals surface area contributed by atoms with Crippen molar-refractivity contribution in [2.45, 2.75) is 25.7 Å². The van der Waals surface area contributed by atoms with Gasteiger partial charge in [-0.15, -0.1) is 22.9 Å². The average Bonchev–Trinajstić information content (AvgIpc) is 2.74. The van der Waals surface area contributed by atoms with E-state index in [2.05, 4.69) is 29.5 Å². The molecular weight excluding hydrogens is 226 g/mol. The van der Waals surface area contributed by atoms with Crippen LogP contribution in [-0.2, 0) is 6.42 Å². The Kier molecular flexibility index (Phi) is 7.07. The molecule has 0 bridgehead atoms. The maximum atomic E-state index is 5.63. The van der Waals surface area contributed by atoms with Crippen LogP contribution in [-0.4, -0.2) is 30.9 Å². The molecule has 0 N–H and O–H groups in total. The van der Waals surface area contributed by atoms with Gasteiger partial charge in [-0.25, -0.2) is 0 Å². The summed E-state index contributed by atoms with van der Waals surface area (Å²) in [6.07, 6.45) is 4.87. The molecule has 0 amide bonds. The van der Waals surface area contributed by atoms with E-state index in [4.69, 9.17) is 11.6 Å². The van der Waals surface area contributed by atoms with Gasteiger partial charge in [-0.3, -0.25) is 0 Å². The first-order chi connectivity index (χ1) is 7.33. The molecule has 0 aliphatic rings. The normalized spacial score (nSPS) is 11.1. The smallest absolute Gasteiger partial charge is 0.0223 e. The minimum absolute atomic E-state index is 0.804. The lowest BCUT2D eigenvalue weighted by atomic mass is 10.2. The lowest BCUT2D eigenvalue weighted by Gasteiger charge is -2.15. The molecule has 0 radical (unpaired) electrons. The molecule has 1 rings (SSSR count). The molecule has 0 aromatic carbocycles. The van der Waals surface area contributed by atoms with Crippen LogP contribution in [0.3, 0.4) is 0 Å². The largest absolute Gasteiger partial charge is 0.306 e. The Hall–Kier alpha value is -0.0500. The Morgan fingerprint density at radius 1 is 1.27 bits per heavy atom. The van der Waals surface area contributed by atoms with Crippen molar-refractivity contribution >= 4 is 22.9 Å². The van der Waals surface area contributed by atoms with Crippen LogP contribution in [0.1, 0.15) is 24.1 Å². The summed E-state index contributed by atoms with van der Waals surface area (Å²) in [7, 11) is 2.20. The molecule has 0 atom stereocenters. The number of thiophene rings is 1. The number of unbranched alkanes of at least 4 members (excludes halogenated alkanes) is 2. The third kappa shape index (κ3) is 6.18. The van der Waals surface area contributed by atoms with Crippen LogP contribution in [0.2, 0.25) is 0 Å². The van der Waals surface area contributed by atoms with Crippen LogP contribution in [0.15, 0.2) is 17.5 Å². The van der Waals surface area contributed by atoms with E-state index < -0.39 is 0 Å². The molecule has 0 aliphatic carbocycles. The molecule has 86 valence electrons. The summed E-state index contributed by atoms with van der Waals surface area (Å²) in [5, 5.41) is 2.15. The second kappa shape index (κ2) is 8.14. The van der Waals surface area contributed by atoms with Gasteiger partial charge in [-0.05, 0) is 44.3 Å². The number of hydrogen-bond acceptors (Lipinski definition) is 2. The van der Waals surface area contributed by atoms with Gasteiger partial charge in [-0.2, -0.15) is 0 Å². The van der Waals surface area contributed by atoms with Crippen LogP contribution in [0.4, 0.5) is 0 Å². The van der Waals surface area contributed by atoms with E-state index in [1.165, 1.54) is 37.2 Å². The van der Waals surface area contributed by atoms with Crippen molar-refractivity contribution in [3.05, 3.63) is 22.4 Å². The fourth-order valence-electron chi connectivity index (χ4n) is 1.52. The van der Waals surface area contributed by atoms with Crippen molar-refractivity contribution in [1.82, 2.24) is 4.90 Å². The zero-order valence-corrected chi connectivity index (χ0v) is 11.0. The fourth-order valence-corrected chi connectivity index (χ4v) is 2.41. The van der Waals surface area contributed by atoms with Crippen molar-refractivity contribution in [3.8, 4) is 0 Å². The van der Waals surface area contributed by atoms with E-state index in [9.17, 15) is 0 Å². The minimum atomic E-state index is 0.804. The van der Waals surface area contributed by atoms with Gasteiger partial charge >= 0.3 is 0 Å². The number of nitrogens with zero attached hydrogens (tertiary/aromatic N) is 1. The Balaban J connectivity index is 2.01. The van der Waals surface area contributed by atoms with Gasteiger partial charge in [0.2, 0.25) is 0 Å². The summed E-state index contributed by atoms with van der Waals surface area (Å²) >= 11 is 7.49. The molecule has 3 heteroatoms. The summed E-state index contributed by atoms with van der Waals surface area (Å²) in [6.45, 7) is 2.36. The lowest BCUT2D eigenvalue weighted by molar-refractivity contribution is 0.330. The highest BCUT2D eigenvalue weighted by molar-refractivity contribution is 7.09. The van der Waals surface area contributed by atoms with Crippen LogP contribution in [0.5, 0.6) is 0 Å². The molecule has 1 heterocycles. The quantitative estimate of drug-likeness (QED) is 0.499. The van der Waals surface area contributed by atoms with Crippen LogP contribution >= 0.6 is 22.9 Å². The van der Waals surface area contributed by atoms with Crippen molar-refractivity contribution in [3.63, 3.8) is 0 Å². The van der Waals surface area contributed by atoms with E-state index in [-0.39, 0.29) is 0 Å². The first kappa shape index (κ1) is 13.0. The second-order valence-corrected chi connectivity index (χ2v) is 5.29. The predicted molar refractivity (Wildman–Crippen MR) is 70.1 cm³/mol. The first-order valence-electron chi connectivity index (χ1n) is 5.60. The minimum Gasteiger partial charge on any atom is -0.306 e. The Bertz CT molecular complexity index is 236. The molecular formula is C12H20ClNS. The molecule has 0 saturated heterocycles. The molecule has 1 nitrogen and oxygen atoms in total. The summed E-state index contributed by atoms with van der Waals surface area (Å²) in [5.41, 5.74) is 0. The van der Waals surface area contributed by atoms with Gasteiger partial charge in [0.15, 0.2) is 0 Å². The monoisotopic (exact) mass is 245 g/mol. The van der Waals surface area contributed by atoms with E-state index in [0.717, 1.165) is 12.3 Å². The van der Waals surface area contributed by atoms with Crippen molar-refractivity contribution in [2.24, 2.45) is 0 Å².